The van der Waals surface area contributed by atoms with Crippen LogP contribution in [0.3, 0.4) is 0 Å². The van der Waals surface area contributed by atoms with Crippen molar-refractivity contribution in [1.29, 1.82) is 0 Å². The Hall–Kier alpha value is -3.17. The van der Waals surface area contributed by atoms with Crippen LogP contribution in [0.2, 0.25) is 5.02 Å². The minimum absolute atomic E-state index is 0.201. The van der Waals surface area contributed by atoms with E-state index < -0.39 is 17.3 Å². The molecule has 0 atom stereocenters. The average molecular weight is 526 g/mol. The molecular weight excluding hydrogens is 497 g/mol. The smallest absolute Gasteiger partial charge is 0.411 e. The largest absolute Gasteiger partial charge is 0.444 e. The second-order valence-electron chi connectivity index (χ2n) is 10.9. The highest BCUT2D eigenvalue weighted by atomic mass is 35.5. The summed E-state index contributed by atoms with van der Waals surface area (Å²) in [7, 11) is 0. The number of fused-ring (bicyclic) bond motifs is 5. The Morgan fingerprint density at radius 1 is 1.11 bits per heavy atom. The Balaban J connectivity index is 1.32. The van der Waals surface area contributed by atoms with Crippen molar-refractivity contribution in [2.45, 2.75) is 64.5 Å². The molecule has 3 aliphatic heterocycles. The van der Waals surface area contributed by atoms with Gasteiger partial charge in [-0.3, -0.25) is 9.47 Å². The van der Waals surface area contributed by atoms with Crippen LogP contribution in [0.4, 0.5) is 15.1 Å². The molecule has 10 heteroatoms. The zero-order valence-corrected chi connectivity index (χ0v) is 21.9. The highest BCUT2D eigenvalue weighted by molar-refractivity contribution is 6.30. The summed E-state index contributed by atoms with van der Waals surface area (Å²) < 4.78 is 28.6. The van der Waals surface area contributed by atoms with Gasteiger partial charge in [-0.15, -0.1) is 10.2 Å². The van der Waals surface area contributed by atoms with Crippen LogP contribution in [0, 0.1) is 5.82 Å². The molecule has 3 aromatic rings. The molecule has 6 rings (SSSR count). The van der Waals surface area contributed by atoms with Crippen molar-refractivity contribution in [3.05, 3.63) is 69.8 Å². The van der Waals surface area contributed by atoms with E-state index in [1.54, 1.807) is 11.0 Å². The first-order valence-electron chi connectivity index (χ1n) is 12.5. The van der Waals surface area contributed by atoms with Gasteiger partial charge in [0.1, 0.15) is 17.0 Å². The lowest BCUT2D eigenvalue weighted by molar-refractivity contribution is -0.0569. The van der Waals surface area contributed by atoms with Gasteiger partial charge in [-0.05, 0) is 69.0 Å². The van der Waals surface area contributed by atoms with Crippen molar-refractivity contribution in [2.24, 2.45) is 0 Å². The lowest BCUT2D eigenvalue weighted by atomic mass is 9.83. The molecule has 4 heterocycles. The topological polar surface area (TPSA) is 72.7 Å². The Morgan fingerprint density at radius 3 is 2.65 bits per heavy atom. The van der Waals surface area contributed by atoms with Crippen molar-refractivity contribution in [3.63, 3.8) is 0 Å². The highest BCUT2D eigenvalue weighted by Gasteiger charge is 2.45. The maximum absolute atomic E-state index is 14.8. The van der Waals surface area contributed by atoms with E-state index in [4.69, 9.17) is 21.1 Å². The molecule has 3 aliphatic rings. The van der Waals surface area contributed by atoms with Crippen LogP contribution >= 0.6 is 11.6 Å². The first-order valence-corrected chi connectivity index (χ1v) is 12.9. The number of hydrogen-bond acceptors (Lipinski definition) is 6. The predicted octanol–water partition coefficient (Wildman–Crippen LogP) is 5.34. The number of carbonyl (C=O) groups is 1. The van der Waals surface area contributed by atoms with Gasteiger partial charge < -0.3 is 14.4 Å². The van der Waals surface area contributed by atoms with E-state index in [1.807, 2.05) is 49.6 Å². The molecule has 1 spiro atoms. The molecule has 194 valence electrons. The van der Waals surface area contributed by atoms with E-state index in [2.05, 4.69) is 15.1 Å². The number of anilines is 1. The van der Waals surface area contributed by atoms with E-state index in [1.165, 1.54) is 6.07 Å². The zero-order valence-electron chi connectivity index (χ0n) is 21.1. The monoisotopic (exact) mass is 525 g/mol. The van der Waals surface area contributed by atoms with Gasteiger partial charge in [0, 0.05) is 23.7 Å². The van der Waals surface area contributed by atoms with Gasteiger partial charge in [0.25, 0.3) is 0 Å². The third kappa shape index (κ3) is 4.24. The van der Waals surface area contributed by atoms with Gasteiger partial charge in [-0.25, -0.2) is 9.18 Å². The lowest BCUT2D eigenvalue weighted by Gasteiger charge is -2.39. The number of piperidine rings is 1. The minimum atomic E-state index is -0.621. The second-order valence-corrected chi connectivity index (χ2v) is 11.3. The number of hydrogen-bond donors (Lipinski definition) is 0. The van der Waals surface area contributed by atoms with Crippen molar-refractivity contribution in [2.75, 3.05) is 18.0 Å². The second kappa shape index (κ2) is 8.70. The van der Waals surface area contributed by atoms with Gasteiger partial charge in [0.05, 0.1) is 25.4 Å². The molecule has 37 heavy (non-hydrogen) atoms. The number of ether oxygens (including phenoxy) is 2. The van der Waals surface area contributed by atoms with Crippen LogP contribution in [0.5, 0.6) is 0 Å². The molecule has 1 amide bonds. The molecule has 1 fully saturated rings. The maximum atomic E-state index is 14.8. The quantitative estimate of drug-likeness (QED) is 0.427. The molecule has 0 N–H and O–H groups in total. The van der Waals surface area contributed by atoms with E-state index in [0.717, 1.165) is 16.8 Å². The van der Waals surface area contributed by atoms with Crippen molar-refractivity contribution < 1.29 is 18.7 Å². The molecule has 0 bridgehead atoms. The highest BCUT2D eigenvalue weighted by Crippen LogP contribution is 2.46. The van der Waals surface area contributed by atoms with Gasteiger partial charge >= 0.3 is 6.09 Å². The zero-order chi connectivity index (χ0) is 25.9. The first kappa shape index (κ1) is 24.2. The molecule has 0 unspecified atom stereocenters. The SMILES string of the molecule is CC(C)(C)OC(=O)N1Cc2cc(Cl)ccc2-n2c(nnc2N2CCC3(CC2)OCc2cccc(F)c23)C1. The molecule has 8 nitrogen and oxygen atoms in total. The fourth-order valence-electron chi connectivity index (χ4n) is 5.60. The summed E-state index contributed by atoms with van der Waals surface area (Å²) in [4.78, 5) is 16.8. The summed E-state index contributed by atoms with van der Waals surface area (Å²) in [6.07, 6.45) is 0.858. The van der Waals surface area contributed by atoms with Gasteiger partial charge in [-0.1, -0.05) is 23.7 Å². The Labute approximate surface area is 219 Å². The Morgan fingerprint density at radius 2 is 1.89 bits per heavy atom. The summed E-state index contributed by atoms with van der Waals surface area (Å²) in [5.74, 6) is 1.12. The summed E-state index contributed by atoms with van der Waals surface area (Å²) >= 11 is 6.35. The number of benzene rings is 2. The van der Waals surface area contributed by atoms with E-state index in [-0.39, 0.29) is 12.4 Å². The maximum Gasteiger partial charge on any atom is 0.411 e. The van der Waals surface area contributed by atoms with Crippen LogP contribution in [0.25, 0.3) is 5.69 Å². The number of aromatic nitrogens is 3. The first-order chi connectivity index (χ1) is 17.6. The molecule has 0 radical (unpaired) electrons. The summed E-state index contributed by atoms with van der Waals surface area (Å²) in [6.45, 7) is 7.80. The van der Waals surface area contributed by atoms with Gasteiger partial charge in [-0.2, -0.15) is 0 Å². The Bertz CT molecular complexity index is 1380. The molecule has 0 aliphatic carbocycles. The van der Waals surface area contributed by atoms with Crippen molar-refractivity contribution in [3.8, 4) is 5.69 Å². The fourth-order valence-corrected chi connectivity index (χ4v) is 5.79. The molecule has 1 aromatic heterocycles. The molecular formula is C27H29ClFN5O3. The number of halogens is 2. The Kier molecular flexibility index (Phi) is 5.69. The normalized spacial score (nSPS) is 18.3. The van der Waals surface area contributed by atoms with Gasteiger partial charge in [0.2, 0.25) is 5.95 Å². The average Bonchev–Trinajstić information content (AvgIpc) is 3.36. The molecule has 0 saturated carbocycles. The summed E-state index contributed by atoms with van der Waals surface area (Å²) in [5, 5.41) is 9.60. The standard InChI is InChI=1S/C27H29ClFN5O3/c1-26(2,3)37-25(35)33-14-18-13-19(28)7-8-21(18)34-22(15-33)30-31-24(34)32-11-9-27(10-12-32)23-17(16-36-27)5-4-6-20(23)29/h4-8,13H,9-12,14-16H2,1-3H3. The summed E-state index contributed by atoms with van der Waals surface area (Å²) in [6, 6.07) is 10.8. The van der Waals surface area contributed by atoms with Crippen molar-refractivity contribution in [1.82, 2.24) is 19.7 Å². The lowest BCUT2D eigenvalue weighted by Crippen LogP contribution is -2.44. The third-order valence-electron chi connectivity index (χ3n) is 7.25. The van der Waals surface area contributed by atoms with Crippen molar-refractivity contribution >= 4 is 23.6 Å². The number of rotatable bonds is 1. The number of carbonyl (C=O) groups excluding carboxylic acids is 1. The summed E-state index contributed by atoms with van der Waals surface area (Å²) in [5.41, 5.74) is 2.14. The minimum Gasteiger partial charge on any atom is -0.444 e. The van der Waals surface area contributed by atoms with E-state index in [0.29, 0.717) is 61.4 Å². The third-order valence-corrected chi connectivity index (χ3v) is 7.49. The molecule has 1 saturated heterocycles. The van der Waals surface area contributed by atoms with Gasteiger partial charge in [0.15, 0.2) is 5.82 Å². The van der Waals surface area contributed by atoms with Crippen LogP contribution in [0.15, 0.2) is 36.4 Å². The van der Waals surface area contributed by atoms with Crippen LogP contribution in [-0.2, 0) is 34.8 Å². The van der Waals surface area contributed by atoms with E-state index >= 15 is 0 Å². The van der Waals surface area contributed by atoms with Crippen LogP contribution in [-0.4, -0.2) is 44.4 Å². The van der Waals surface area contributed by atoms with E-state index in [9.17, 15) is 9.18 Å². The fraction of sp³-hybridized carbons (Fsp3) is 0.444. The van der Waals surface area contributed by atoms with Crippen LogP contribution in [0.1, 0.15) is 56.1 Å². The number of nitrogens with zero attached hydrogens (tertiary/aromatic N) is 5. The molecule has 2 aromatic carbocycles. The number of amides is 1. The van der Waals surface area contributed by atoms with Crippen LogP contribution < -0.4 is 4.90 Å². The predicted molar refractivity (Wildman–Crippen MR) is 136 cm³/mol.